The molecule has 2 aliphatic rings. The van der Waals surface area contributed by atoms with E-state index in [1.54, 1.807) is 4.90 Å². The molecule has 2 aromatic rings. The summed E-state index contributed by atoms with van der Waals surface area (Å²) in [5, 5.41) is 6.86. The zero-order valence-electron chi connectivity index (χ0n) is 15.3. The van der Waals surface area contributed by atoms with Crippen molar-refractivity contribution in [3.63, 3.8) is 0 Å². The summed E-state index contributed by atoms with van der Waals surface area (Å²) in [6.07, 6.45) is 5.70. The Morgan fingerprint density at radius 1 is 1.19 bits per heavy atom. The van der Waals surface area contributed by atoms with Gasteiger partial charge in [0.05, 0.1) is 0 Å². The van der Waals surface area contributed by atoms with Crippen molar-refractivity contribution in [2.45, 2.75) is 44.4 Å². The number of hydrogen-bond donors (Lipinski definition) is 1. The van der Waals surface area contributed by atoms with Crippen LogP contribution in [0, 0.1) is 5.92 Å². The molecule has 142 valence electrons. The number of nitrogens with zero attached hydrogens (tertiary/aromatic N) is 3. The van der Waals surface area contributed by atoms with E-state index in [-0.39, 0.29) is 11.8 Å². The number of hydrogen-bond acceptors (Lipinski definition) is 5. The molecule has 1 aromatic heterocycles. The molecule has 2 heterocycles. The Kier molecular flexibility index (Phi) is 5.18. The van der Waals surface area contributed by atoms with Gasteiger partial charge in [0.25, 0.3) is 0 Å². The summed E-state index contributed by atoms with van der Waals surface area (Å²) in [5.74, 6) is 0.740. The summed E-state index contributed by atoms with van der Waals surface area (Å²) < 4.78 is 5.35. The molecule has 1 saturated carbocycles. The first-order valence-corrected chi connectivity index (χ1v) is 9.69. The minimum absolute atomic E-state index is 0.137. The van der Waals surface area contributed by atoms with Crippen molar-refractivity contribution in [3.8, 4) is 0 Å². The van der Waals surface area contributed by atoms with Crippen LogP contribution >= 0.6 is 0 Å². The zero-order chi connectivity index (χ0) is 18.6. The monoisotopic (exact) mass is 368 g/mol. The lowest BCUT2D eigenvalue weighted by molar-refractivity contribution is -0.132. The number of aromatic nitrogens is 2. The third kappa shape index (κ3) is 3.86. The minimum atomic E-state index is -0.621. The highest BCUT2D eigenvalue weighted by atomic mass is 16.5. The van der Waals surface area contributed by atoms with Crippen molar-refractivity contribution >= 4 is 17.5 Å². The third-order valence-electron chi connectivity index (χ3n) is 5.43. The first-order chi connectivity index (χ1) is 13.2. The van der Waals surface area contributed by atoms with Crippen LogP contribution in [-0.2, 0) is 16.0 Å². The molecule has 1 saturated heterocycles. The van der Waals surface area contributed by atoms with E-state index in [2.05, 4.69) is 15.5 Å². The van der Waals surface area contributed by atoms with Crippen LogP contribution in [0.2, 0.25) is 0 Å². The topological polar surface area (TPSA) is 88.3 Å². The van der Waals surface area contributed by atoms with Gasteiger partial charge in [-0.25, -0.2) is 0 Å². The summed E-state index contributed by atoms with van der Waals surface area (Å²) in [6.45, 7) is 0.966. The Morgan fingerprint density at radius 3 is 2.74 bits per heavy atom. The molecule has 1 aliphatic heterocycles. The standard InChI is InChI=1S/C20H24N4O3/c25-18(16-11-13-24(20(16)26)15-8-2-1-3-9-15)21-12-10-17-22-19(27-23-17)14-6-4-5-7-14/h1-3,8-9,14,16H,4-7,10-13H2,(H,21,25). The second kappa shape index (κ2) is 7.90. The average molecular weight is 368 g/mol. The van der Waals surface area contributed by atoms with Crippen LogP contribution in [0.15, 0.2) is 34.9 Å². The molecule has 2 amide bonds. The quantitative estimate of drug-likeness (QED) is 0.791. The SMILES string of the molecule is O=C(NCCc1noc(C2CCCC2)n1)C1CCN(c2ccccc2)C1=O. The van der Waals surface area contributed by atoms with E-state index in [0.717, 1.165) is 24.4 Å². The summed E-state index contributed by atoms with van der Waals surface area (Å²) in [4.78, 5) is 31.1. The van der Waals surface area contributed by atoms with E-state index < -0.39 is 5.92 Å². The van der Waals surface area contributed by atoms with Crippen LogP contribution in [0.25, 0.3) is 0 Å². The Morgan fingerprint density at radius 2 is 1.96 bits per heavy atom. The molecule has 1 N–H and O–H groups in total. The summed E-state index contributed by atoms with van der Waals surface area (Å²) >= 11 is 0. The van der Waals surface area contributed by atoms with Crippen LogP contribution in [0.1, 0.15) is 49.7 Å². The molecule has 2 fully saturated rings. The molecule has 1 unspecified atom stereocenters. The molecule has 4 rings (SSSR count). The maximum atomic E-state index is 12.6. The normalized spacial score (nSPS) is 20.4. The largest absolute Gasteiger partial charge is 0.355 e. The van der Waals surface area contributed by atoms with E-state index in [1.165, 1.54) is 12.8 Å². The molecular weight excluding hydrogens is 344 g/mol. The smallest absolute Gasteiger partial charge is 0.239 e. The van der Waals surface area contributed by atoms with Crippen LogP contribution in [-0.4, -0.2) is 35.0 Å². The molecule has 0 spiro atoms. The van der Waals surface area contributed by atoms with E-state index in [9.17, 15) is 9.59 Å². The lowest BCUT2D eigenvalue weighted by Gasteiger charge is -2.16. The summed E-state index contributed by atoms with van der Waals surface area (Å²) in [6, 6.07) is 9.46. The number of benzene rings is 1. The van der Waals surface area contributed by atoms with Crippen LogP contribution in [0.4, 0.5) is 5.69 Å². The Hall–Kier alpha value is -2.70. The van der Waals surface area contributed by atoms with Crippen molar-refractivity contribution < 1.29 is 14.1 Å². The van der Waals surface area contributed by atoms with Gasteiger partial charge in [0, 0.05) is 31.1 Å². The fraction of sp³-hybridized carbons (Fsp3) is 0.500. The van der Waals surface area contributed by atoms with Crippen LogP contribution < -0.4 is 10.2 Å². The summed E-state index contributed by atoms with van der Waals surface area (Å²) in [5.41, 5.74) is 0.837. The van der Waals surface area contributed by atoms with Gasteiger partial charge < -0.3 is 14.7 Å². The van der Waals surface area contributed by atoms with Gasteiger partial charge in [-0.2, -0.15) is 4.98 Å². The van der Waals surface area contributed by atoms with Crippen molar-refractivity contribution in [1.82, 2.24) is 15.5 Å². The molecule has 1 atom stereocenters. The predicted molar refractivity (Wildman–Crippen MR) is 99.1 cm³/mol. The molecule has 7 heteroatoms. The van der Waals surface area contributed by atoms with E-state index in [1.807, 2.05) is 30.3 Å². The van der Waals surface area contributed by atoms with Crippen LogP contribution in [0.3, 0.4) is 0 Å². The second-order valence-corrected chi connectivity index (χ2v) is 7.24. The van der Waals surface area contributed by atoms with Crippen LogP contribution in [0.5, 0.6) is 0 Å². The van der Waals surface area contributed by atoms with E-state index in [0.29, 0.717) is 37.7 Å². The Bertz CT molecular complexity index is 799. The third-order valence-corrected chi connectivity index (χ3v) is 5.43. The van der Waals surface area contributed by atoms with Gasteiger partial charge in [0.15, 0.2) is 5.82 Å². The van der Waals surface area contributed by atoms with Gasteiger partial charge in [-0.3, -0.25) is 9.59 Å². The number of carbonyl (C=O) groups excluding carboxylic acids is 2. The number of anilines is 1. The summed E-state index contributed by atoms with van der Waals surface area (Å²) in [7, 11) is 0. The number of para-hydroxylation sites is 1. The van der Waals surface area contributed by atoms with Crippen molar-refractivity contribution in [1.29, 1.82) is 0 Å². The number of rotatable bonds is 6. The highest BCUT2D eigenvalue weighted by molar-refractivity contribution is 6.09. The molecular formula is C20H24N4O3. The molecule has 1 aliphatic carbocycles. The van der Waals surface area contributed by atoms with E-state index in [4.69, 9.17) is 4.52 Å². The fourth-order valence-electron chi connectivity index (χ4n) is 3.92. The average Bonchev–Trinajstić information content (AvgIpc) is 3.43. The maximum Gasteiger partial charge on any atom is 0.239 e. The first-order valence-electron chi connectivity index (χ1n) is 9.69. The second-order valence-electron chi connectivity index (χ2n) is 7.24. The fourth-order valence-corrected chi connectivity index (χ4v) is 3.92. The maximum absolute atomic E-state index is 12.6. The van der Waals surface area contributed by atoms with Gasteiger partial charge in [-0.1, -0.05) is 36.2 Å². The highest BCUT2D eigenvalue weighted by Crippen LogP contribution is 2.32. The van der Waals surface area contributed by atoms with Crippen molar-refractivity contribution in [2.24, 2.45) is 5.92 Å². The Balaban J connectivity index is 1.27. The Labute approximate surface area is 158 Å². The zero-order valence-corrected chi connectivity index (χ0v) is 15.3. The number of amides is 2. The molecule has 27 heavy (non-hydrogen) atoms. The highest BCUT2D eigenvalue weighted by Gasteiger charge is 2.37. The van der Waals surface area contributed by atoms with Gasteiger partial charge >= 0.3 is 0 Å². The molecule has 7 nitrogen and oxygen atoms in total. The lowest BCUT2D eigenvalue weighted by atomic mass is 10.1. The van der Waals surface area contributed by atoms with Gasteiger partial charge in [0.1, 0.15) is 5.92 Å². The lowest BCUT2D eigenvalue weighted by Crippen LogP contribution is -2.37. The minimum Gasteiger partial charge on any atom is -0.355 e. The molecule has 0 bridgehead atoms. The number of nitrogens with one attached hydrogen (secondary N) is 1. The molecule has 0 radical (unpaired) electrons. The van der Waals surface area contributed by atoms with Gasteiger partial charge in [-0.15, -0.1) is 0 Å². The first kappa shape index (κ1) is 17.7. The van der Waals surface area contributed by atoms with Gasteiger partial charge in [-0.05, 0) is 31.4 Å². The van der Waals surface area contributed by atoms with Crippen molar-refractivity contribution in [2.75, 3.05) is 18.0 Å². The molecule has 1 aromatic carbocycles. The predicted octanol–water partition coefficient (Wildman–Crippen LogP) is 2.44. The van der Waals surface area contributed by atoms with E-state index >= 15 is 0 Å². The number of carbonyl (C=O) groups is 2. The van der Waals surface area contributed by atoms with Crippen molar-refractivity contribution in [3.05, 3.63) is 42.0 Å². The van der Waals surface area contributed by atoms with Gasteiger partial charge in [0.2, 0.25) is 17.7 Å².